The number of halogens is 1. The molecule has 0 bridgehead atoms. The van der Waals surface area contributed by atoms with E-state index in [-0.39, 0.29) is 22.1 Å². The first-order valence-corrected chi connectivity index (χ1v) is 5.49. The third-order valence-electron chi connectivity index (χ3n) is 2.52. The van der Waals surface area contributed by atoms with Crippen molar-refractivity contribution in [2.75, 3.05) is 0 Å². The van der Waals surface area contributed by atoms with Gasteiger partial charge in [0, 0.05) is 5.56 Å². The first-order chi connectivity index (χ1) is 8.63. The summed E-state index contributed by atoms with van der Waals surface area (Å²) in [6.45, 7) is 0. The van der Waals surface area contributed by atoms with Crippen LogP contribution in [0.5, 0.6) is 11.5 Å². The molecule has 0 aliphatic rings. The third-order valence-corrected chi connectivity index (χ3v) is 2.93. The fraction of sp³-hybridized carbons (Fsp3) is 0. The van der Waals surface area contributed by atoms with Crippen molar-refractivity contribution < 1.29 is 15.4 Å². The molecule has 5 heteroatoms. The number of hydrogen-bond acceptors (Lipinski definition) is 4. The molecular formula is C13H10ClNO3. The summed E-state index contributed by atoms with van der Waals surface area (Å²) in [5.74, 6) is 0.0890. The molecule has 0 spiro atoms. The van der Waals surface area contributed by atoms with Crippen molar-refractivity contribution in [3.05, 3.63) is 47.0 Å². The van der Waals surface area contributed by atoms with E-state index in [2.05, 4.69) is 5.16 Å². The minimum Gasteiger partial charge on any atom is -0.508 e. The minimum atomic E-state index is -0.0691. The second kappa shape index (κ2) is 4.98. The summed E-state index contributed by atoms with van der Waals surface area (Å²) in [4.78, 5) is 0. The number of hydrogen-bond donors (Lipinski definition) is 3. The molecule has 0 saturated carbocycles. The highest BCUT2D eigenvalue weighted by atomic mass is 35.5. The summed E-state index contributed by atoms with van der Waals surface area (Å²) in [5, 5.41) is 30.5. The summed E-state index contributed by atoms with van der Waals surface area (Å²) >= 11 is 6.14. The number of oxime groups is 1. The molecule has 4 nitrogen and oxygen atoms in total. The average molecular weight is 264 g/mol. The zero-order valence-electron chi connectivity index (χ0n) is 9.21. The first-order valence-electron chi connectivity index (χ1n) is 5.12. The molecule has 92 valence electrons. The maximum absolute atomic E-state index is 9.61. The molecule has 3 N–H and O–H groups in total. The average Bonchev–Trinajstić information content (AvgIpc) is 2.36. The van der Waals surface area contributed by atoms with E-state index >= 15 is 0 Å². The lowest BCUT2D eigenvalue weighted by molar-refractivity contribution is 0.321. The van der Waals surface area contributed by atoms with Gasteiger partial charge in [0.1, 0.15) is 11.5 Å². The predicted octanol–water partition coefficient (Wildman–Crippen LogP) is 3.23. The number of phenolic OH excluding ortho intramolecular Hbond substituents is 2. The lowest BCUT2D eigenvalue weighted by atomic mass is 10.0. The summed E-state index contributed by atoms with van der Waals surface area (Å²) in [7, 11) is 0. The number of nitrogens with zero attached hydrogens (tertiary/aromatic N) is 1. The summed E-state index contributed by atoms with van der Waals surface area (Å²) in [6.07, 6.45) is 1.07. The fourth-order valence-corrected chi connectivity index (χ4v) is 1.94. The number of benzene rings is 2. The molecule has 0 unspecified atom stereocenters. The Morgan fingerprint density at radius 2 is 1.67 bits per heavy atom. The van der Waals surface area contributed by atoms with Crippen molar-refractivity contribution in [2.45, 2.75) is 0 Å². The van der Waals surface area contributed by atoms with Gasteiger partial charge >= 0.3 is 0 Å². The van der Waals surface area contributed by atoms with Gasteiger partial charge in [-0.1, -0.05) is 28.9 Å². The van der Waals surface area contributed by atoms with Gasteiger partial charge in [-0.15, -0.1) is 0 Å². The van der Waals surface area contributed by atoms with Crippen LogP contribution >= 0.6 is 11.6 Å². The third kappa shape index (κ3) is 2.24. The molecule has 0 atom stereocenters. The predicted molar refractivity (Wildman–Crippen MR) is 69.6 cm³/mol. The van der Waals surface area contributed by atoms with Gasteiger partial charge in [0.25, 0.3) is 0 Å². The van der Waals surface area contributed by atoms with Crippen molar-refractivity contribution in [3.8, 4) is 22.6 Å². The largest absolute Gasteiger partial charge is 0.508 e. The molecule has 0 amide bonds. The molecule has 0 saturated heterocycles. The molecule has 2 aromatic carbocycles. The Balaban J connectivity index is 2.58. The fourth-order valence-electron chi connectivity index (χ4n) is 1.63. The van der Waals surface area contributed by atoms with E-state index < -0.39 is 0 Å². The number of phenols is 2. The lowest BCUT2D eigenvalue weighted by Crippen LogP contribution is -1.88. The van der Waals surface area contributed by atoms with E-state index in [0.29, 0.717) is 5.56 Å². The van der Waals surface area contributed by atoms with Crippen LogP contribution in [0.2, 0.25) is 5.02 Å². The van der Waals surface area contributed by atoms with E-state index in [0.717, 1.165) is 11.8 Å². The smallest absolute Gasteiger partial charge is 0.126 e. The quantitative estimate of drug-likeness (QED) is 0.442. The highest BCUT2D eigenvalue weighted by Gasteiger charge is 2.11. The molecule has 0 radical (unpaired) electrons. The Labute approximate surface area is 108 Å². The van der Waals surface area contributed by atoms with Crippen molar-refractivity contribution in [3.63, 3.8) is 0 Å². The molecule has 0 aromatic heterocycles. The Hall–Kier alpha value is -2.20. The molecule has 0 aliphatic heterocycles. The van der Waals surface area contributed by atoms with Gasteiger partial charge in [-0.2, -0.15) is 0 Å². The van der Waals surface area contributed by atoms with E-state index in [4.69, 9.17) is 16.8 Å². The van der Waals surface area contributed by atoms with Crippen LogP contribution in [0.25, 0.3) is 11.1 Å². The van der Waals surface area contributed by atoms with Gasteiger partial charge in [-0.25, -0.2) is 0 Å². The van der Waals surface area contributed by atoms with Gasteiger partial charge in [0.05, 0.1) is 16.8 Å². The molecule has 2 rings (SSSR count). The standard InChI is InChI=1S/C13H10ClNO3/c14-13-10(8-1-3-9(16)4-2-8)5-6-12(17)11(13)7-15-18/h1-7,16-18H/b15-7+. The van der Waals surface area contributed by atoms with Gasteiger partial charge < -0.3 is 15.4 Å². The maximum atomic E-state index is 9.61. The Morgan fingerprint density at radius 1 is 1.00 bits per heavy atom. The van der Waals surface area contributed by atoms with Gasteiger partial charge in [-0.05, 0) is 29.8 Å². The lowest BCUT2D eigenvalue weighted by Gasteiger charge is -2.08. The Bertz CT molecular complexity index is 594. The zero-order chi connectivity index (χ0) is 13.1. The highest BCUT2D eigenvalue weighted by Crippen LogP contribution is 2.35. The molecule has 0 fully saturated rings. The van der Waals surface area contributed by atoms with Crippen LogP contribution in [0, 0.1) is 0 Å². The maximum Gasteiger partial charge on any atom is 0.126 e. The van der Waals surface area contributed by atoms with E-state index in [1.165, 1.54) is 6.07 Å². The van der Waals surface area contributed by atoms with Crippen LogP contribution in [-0.2, 0) is 0 Å². The van der Waals surface area contributed by atoms with Crippen LogP contribution < -0.4 is 0 Å². The highest BCUT2D eigenvalue weighted by molar-refractivity contribution is 6.36. The van der Waals surface area contributed by atoms with Gasteiger partial charge in [0.2, 0.25) is 0 Å². The van der Waals surface area contributed by atoms with Crippen LogP contribution in [0.3, 0.4) is 0 Å². The van der Waals surface area contributed by atoms with Crippen LogP contribution in [-0.4, -0.2) is 21.6 Å². The van der Waals surface area contributed by atoms with Crippen LogP contribution in [0.4, 0.5) is 0 Å². The Kier molecular flexibility index (Phi) is 3.39. The first kappa shape index (κ1) is 12.3. The SMILES string of the molecule is O/N=C/c1c(O)ccc(-c2ccc(O)cc2)c1Cl. The van der Waals surface area contributed by atoms with E-state index in [9.17, 15) is 10.2 Å². The monoisotopic (exact) mass is 263 g/mol. The van der Waals surface area contributed by atoms with Crippen molar-refractivity contribution in [1.29, 1.82) is 0 Å². The molecule has 2 aromatic rings. The number of aromatic hydroxyl groups is 2. The van der Waals surface area contributed by atoms with Gasteiger partial charge in [-0.3, -0.25) is 0 Å². The summed E-state index contributed by atoms with van der Waals surface area (Å²) < 4.78 is 0. The summed E-state index contributed by atoms with van der Waals surface area (Å²) in [6, 6.07) is 9.60. The van der Waals surface area contributed by atoms with Crippen molar-refractivity contribution >= 4 is 17.8 Å². The van der Waals surface area contributed by atoms with Gasteiger partial charge in [0.15, 0.2) is 0 Å². The molecule has 0 aliphatic carbocycles. The number of rotatable bonds is 2. The van der Waals surface area contributed by atoms with E-state index in [1.54, 1.807) is 30.3 Å². The topological polar surface area (TPSA) is 73.1 Å². The van der Waals surface area contributed by atoms with Crippen molar-refractivity contribution in [2.24, 2.45) is 5.16 Å². The summed E-state index contributed by atoms with van der Waals surface area (Å²) in [5.41, 5.74) is 1.69. The zero-order valence-corrected chi connectivity index (χ0v) is 9.96. The van der Waals surface area contributed by atoms with Crippen LogP contribution in [0.1, 0.15) is 5.56 Å². The van der Waals surface area contributed by atoms with Crippen molar-refractivity contribution in [1.82, 2.24) is 0 Å². The molecule has 0 heterocycles. The minimum absolute atomic E-state index is 0.0691. The normalized spacial score (nSPS) is 10.9. The molecular weight excluding hydrogens is 254 g/mol. The second-order valence-corrected chi connectivity index (χ2v) is 4.03. The second-order valence-electron chi connectivity index (χ2n) is 3.65. The van der Waals surface area contributed by atoms with E-state index in [1.807, 2.05) is 0 Å². The molecule has 18 heavy (non-hydrogen) atoms. The Morgan fingerprint density at radius 3 is 2.28 bits per heavy atom. The van der Waals surface area contributed by atoms with Crippen LogP contribution in [0.15, 0.2) is 41.6 Å².